The average Bonchev–Trinajstić information content (AvgIpc) is 2.36. The van der Waals surface area contributed by atoms with Crippen molar-refractivity contribution in [2.45, 2.75) is 26.4 Å². The molecule has 0 radical (unpaired) electrons. The molecule has 4 nitrogen and oxygen atoms in total. The minimum atomic E-state index is -0.354. The van der Waals surface area contributed by atoms with Crippen LogP contribution in [-0.2, 0) is 0 Å². The summed E-state index contributed by atoms with van der Waals surface area (Å²) in [6.07, 6.45) is 0. The number of halogens is 2. The second-order valence-corrected chi connectivity index (χ2v) is 7.24. The molecular formula is C15H17Br2N3O. The van der Waals surface area contributed by atoms with Crippen LogP contribution < -0.4 is 15.8 Å². The molecule has 0 saturated heterocycles. The fraction of sp³-hybridized carbons (Fsp3) is 0.267. The Labute approximate surface area is 141 Å². The normalized spacial score (nSPS) is 11.3. The highest BCUT2D eigenvalue weighted by Gasteiger charge is 2.16. The molecule has 0 saturated carbocycles. The third-order valence-corrected chi connectivity index (χ3v) is 3.83. The number of benzene rings is 1. The number of rotatable bonds is 3. The fourth-order valence-corrected chi connectivity index (χ4v) is 2.83. The maximum absolute atomic E-state index is 5.92. The van der Waals surface area contributed by atoms with Crippen LogP contribution >= 0.6 is 31.9 Å². The maximum Gasteiger partial charge on any atom is 0.239 e. The van der Waals surface area contributed by atoms with Gasteiger partial charge in [0.15, 0.2) is 0 Å². The van der Waals surface area contributed by atoms with Gasteiger partial charge in [-0.15, -0.1) is 0 Å². The third kappa shape index (κ3) is 4.35. The van der Waals surface area contributed by atoms with Crippen molar-refractivity contribution in [2.24, 2.45) is 0 Å². The van der Waals surface area contributed by atoms with Crippen molar-refractivity contribution in [3.05, 3.63) is 39.3 Å². The van der Waals surface area contributed by atoms with Gasteiger partial charge in [-0.05, 0) is 76.9 Å². The molecule has 0 unspecified atom stereocenters. The largest absolute Gasteiger partial charge is 0.470 e. The van der Waals surface area contributed by atoms with Gasteiger partial charge in [0.2, 0.25) is 5.88 Å². The summed E-state index contributed by atoms with van der Waals surface area (Å²) in [6, 6.07) is 9.45. The van der Waals surface area contributed by atoms with Gasteiger partial charge in [0.05, 0.1) is 11.4 Å². The summed E-state index contributed by atoms with van der Waals surface area (Å²) in [5.41, 5.74) is 6.98. The Morgan fingerprint density at radius 3 is 2.29 bits per heavy atom. The quantitative estimate of drug-likeness (QED) is 0.732. The molecule has 0 amide bonds. The van der Waals surface area contributed by atoms with Crippen molar-refractivity contribution < 1.29 is 4.74 Å². The minimum Gasteiger partial charge on any atom is -0.470 e. The molecule has 2 aromatic rings. The molecule has 0 atom stereocenters. The van der Waals surface area contributed by atoms with E-state index in [0.29, 0.717) is 17.4 Å². The van der Waals surface area contributed by atoms with Gasteiger partial charge in [-0.1, -0.05) is 6.07 Å². The highest BCUT2D eigenvalue weighted by molar-refractivity contribution is 9.11. The monoisotopic (exact) mass is 413 g/mol. The Morgan fingerprint density at radius 1 is 1.10 bits per heavy atom. The maximum atomic E-state index is 5.92. The van der Waals surface area contributed by atoms with Crippen molar-refractivity contribution in [3.63, 3.8) is 0 Å². The molecule has 0 aliphatic rings. The van der Waals surface area contributed by atoms with E-state index in [1.54, 1.807) is 6.07 Å². The highest BCUT2D eigenvalue weighted by atomic mass is 79.9. The summed E-state index contributed by atoms with van der Waals surface area (Å²) in [6.45, 7) is 5.87. The first kappa shape index (κ1) is 16.1. The summed E-state index contributed by atoms with van der Waals surface area (Å²) in [5.74, 6) is 1.09. The number of pyridine rings is 1. The van der Waals surface area contributed by atoms with Gasteiger partial charge in [0.1, 0.15) is 11.4 Å². The zero-order chi connectivity index (χ0) is 15.6. The number of nitrogen functional groups attached to an aromatic ring is 1. The van der Waals surface area contributed by atoms with Crippen LogP contribution in [0.15, 0.2) is 39.3 Å². The van der Waals surface area contributed by atoms with Crippen molar-refractivity contribution in [3.8, 4) is 5.88 Å². The summed E-state index contributed by atoms with van der Waals surface area (Å²) in [4.78, 5) is 4.44. The Morgan fingerprint density at radius 2 is 1.71 bits per heavy atom. The number of nitrogens with two attached hydrogens (primary N) is 1. The number of para-hydroxylation sites is 1. The number of ether oxygens (including phenoxy) is 1. The lowest BCUT2D eigenvalue weighted by Crippen LogP contribution is -2.24. The van der Waals surface area contributed by atoms with Crippen LogP contribution in [0, 0.1) is 0 Å². The Kier molecular flexibility index (Phi) is 4.78. The molecule has 1 aromatic carbocycles. The molecule has 0 aliphatic carbocycles. The number of hydrogen-bond donors (Lipinski definition) is 2. The van der Waals surface area contributed by atoms with Crippen molar-refractivity contribution >= 4 is 49.1 Å². The molecule has 1 aromatic heterocycles. The second kappa shape index (κ2) is 6.23. The topological polar surface area (TPSA) is 60.2 Å². The number of hydrogen-bond acceptors (Lipinski definition) is 4. The Balaban J connectivity index is 2.31. The van der Waals surface area contributed by atoms with E-state index < -0.39 is 0 Å². The van der Waals surface area contributed by atoms with Crippen LogP contribution in [0.4, 0.5) is 17.2 Å². The van der Waals surface area contributed by atoms with Gasteiger partial charge in [-0.25, -0.2) is 0 Å². The van der Waals surface area contributed by atoms with E-state index in [9.17, 15) is 0 Å². The smallest absolute Gasteiger partial charge is 0.239 e. The van der Waals surface area contributed by atoms with Gasteiger partial charge in [-0.2, -0.15) is 4.98 Å². The van der Waals surface area contributed by atoms with E-state index >= 15 is 0 Å². The van der Waals surface area contributed by atoms with Crippen LogP contribution in [0.3, 0.4) is 0 Å². The molecule has 1 heterocycles. The minimum absolute atomic E-state index is 0.354. The molecule has 3 N–H and O–H groups in total. The predicted molar refractivity (Wildman–Crippen MR) is 94.2 cm³/mol. The molecule has 6 heteroatoms. The number of aromatic nitrogens is 1. The van der Waals surface area contributed by atoms with Gasteiger partial charge in [0, 0.05) is 8.95 Å². The standard InChI is InChI=1S/C15H17Br2N3O/c1-15(2,3)21-14-11(18)7-8-12(20-14)19-13-9(16)5-4-6-10(13)17/h4-8H,18H2,1-3H3,(H,19,20). The molecule has 2 rings (SSSR count). The molecule has 0 bridgehead atoms. The number of nitrogens with zero attached hydrogens (tertiary/aromatic N) is 1. The number of nitrogens with one attached hydrogen (secondary N) is 1. The summed E-state index contributed by atoms with van der Waals surface area (Å²) >= 11 is 7.02. The first-order valence-corrected chi connectivity index (χ1v) is 8.01. The van der Waals surface area contributed by atoms with E-state index in [4.69, 9.17) is 10.5 Å². The van der Waals surface area contributed by atoms with Gasteiger partial charge in [0.25, 0.3) is 0 Å². The Hall–Kier alpha value is -1.27. The first-order valence-electron chi connectivity index (χ1n) is 6.43. The summed E-state index contributed by atoms with van der Waals surface area (Å²) < 4.78 is 7.65. The average molecular weight is 415 g/mol. The van der Waals surface area contributed by atoms with Gasteiger partial charge >= 0.3 is 0 Å². The summed E-state index contributed by atoms with van der Waals surface area (Å²) in [7, 11) is 0. The number of anilines is 3. The zero-order valence-electron chi connectivity index (χ0n) is 12.1. The SMILES string of the molecule is CC(C)(C)Oc1nc(Nc2c(Br)cccc2Br)ccc1N. The summed E-state index contributed by atoms with van der Waals surface area (Å²) in [5, 5.41) is 3.25. The van der Waals surface area contributed by atoms with Crippen LogP contribution in [0.2, 0.25) is 0 Å². The van der Waals surface area contributed by atoms with E-state index in [2.05, 4.69) is 42.2 Å². The molecular weight excluding hydrogens is 398 g/mol. The van der Waals surface area contributed by atoms with Gasteiger partial charge < -0.3 is 15.8 Å². The van der Waals surface area contributed by atoms with E-state index in [0.717, 1.165) is 14.6 Å². The van der Waals surface area contributed by atoms with Crippen LogP contribution in [-0.4, -0.2) is 10.6 Å². The molecule has 21 heavy (non-hydrogen) atoms. The van der Waals surface area contributed by atoms with Crippen LogP contribution in [0.5, 0.6) is 5.88 Å². The highest BCUT2D eigenvalue weighted by Crippen LogP contribution is 2.34. The third-order valence-electron chi connectivity index (χ3n) is 2.51. The lowest BCUT2D eigenvalue weighted by Gasteiger charge is -2.22. The van der Waals surface area contributed by atoms with Crippen molar-refractivity contribution in [2.75, 3.05) is 11.1 Å². The lowest BCUT2D eigenvalue weighted by molar-refractivity contribution is 0.125. The van der Waals surface area contributed by atoms with Crippen molar-refractivity contribution in [1.29, 1.82) is 0 Å². The van der Waals surface area contributed by atoms with Crippen LogP contribution in [0.1, 0.15) is 20.8 Å². The molecule has 0 fully saturated rings. The van der Waals surface area contributed by atoms with E-state index in [1.165, 1.54) is 0 Å². The lowest BCUT2D eigenvalue weighted by atomic mass is 10.2. The first-order chi connectivity index (χ1) is 9.76. The molecule has 0 aliphatic heterocycles. The van der Waals surface area contributed by atoms with E-state index in [-0.39, 0.29) is 5.60 Å². The van der Waals surface area contributed by atoms with Crippen LogP contribution in [0.25, 0.3) is 0 Å². The van der Waals surface area contributed by atoms with Crippen molar-refractivity contribution in [1.82, 2.24) is 4.98 Å². The van der Waals surface area contributed by atoms with E-state index in [1.807, 2.05) is 45.0 Å². The predicted octanol–water partition coefficient (Wildman–Crippen LogP) is 5.11. The Bertz CT molecular complexity index is 634. The zero-order valence-corrected chi connectivity index (χ0v) is 15.2. The fourth-order valence-electron chi connectivity index (χ4n) is 1.64. The molecule has 112 valence electrons. The second-order valence-electron chi connectivity index (χ2n) is 5.53. The molecule has 0 spiro atoms. The van der Waals surface area contributed by atoms with Gasteiger partial charge in [-0.3, -0.25) is 0 Å².